The lowest BCUT2D eigenvalue weighted by Crippen LogP contribution is -2.51. The Hall–Kier alpha value is -0.570. The summed E-state index contributed by atoms with van der Waals surface area (Å²) >= 11 is 0. The van der Waals surface area contributed by atoms with Crippen LogP contribution in [0.5, 0.6) is 0 Å². The molecular formula is C10H18N2O. The van der Waals surface area contributed by atoms with E-state index in [1.165, 1.54) is 19.3 Å². The van der Waals surface area contributed by atoms with Crippen LogP contribution in [0.2, 0.25) is 0 Å². The van der Waals surface area contributed by atoms with Crippen LogP contribution < -0.4 is 0 Å². The van der Waals surface area contributed by atoms with Gasteiger partial charge in [-0.25, -0.2) is 0 Å². The van der Waals surface area contributed by atoms with Gasteiger partial charge in [-0.1, -0.05) is 0 Å². The van der Waals surface area contributed by atoms with Crippen LogP contribution in [0.3, 0.4) is 0 Å². The average Bonchev–Trinajstić information content (AvgIpc) is 2.51. The number of hydrogen-bond acceptors (Lipinski definition) is 2. The molecule has 2 aliphatic heterocycles. The average molecular weight is 182 g/mol. The molecule has 2 saturated heterocycles. The number of likely N-dealkylation sites (tertiary alicyclic amines) is 2. The minimum Gasteiger partial charge on any atom is -0.341 e. The first-order valence-corrected chi connectivity index (χ1v) is 5.32. The summed E-state index contributed by atoms with van der Waals surface area (Å²) in [5.74, 6) is 0.345. The fourth-order valence-electron chi connectivity index (χ4n) is 2.09. The van der Waals surface area contributed by atoms with E-state index in [2.05, 4.69) is 4.90 Å². The molecule has 74 valence electrons. The normalized spacial score (nSPS) is 25.8. The molecule has 1 atom stereocenters. The lowest BCUT2D eigenvalue weighted by atomic mass is 10.1. The van der Waals surface area contributed by atoms with Crippen molar-refractivity contribution in [3.63, 3.8) is 0 Å². The highest BCUT2D eigenvalue weighted by Crippen LogP contribution is 2.16. The molecule has 1 amide bonds. The van der Waals surface area contributed by atoms with Gasteiger partial charge in [0.2, 0.25) is 5.91 Å². The highest BCUT2D eigenvalue weighted by atomic mass is 16.2. The Morgan fingerprint density at radius 3 is 2.15 bits per heavy atom. The third-order valence-electron chi connectivity index (χ3n) is 3.21. The molecule has 0 bridgehead atoms. The van der Waals surface area contributed by atoms with Crippen molar-refractivity contribution in [3.05, 3.63) is 0 Å². The summed E-state index contributed by atoms with van der Waals surface area (Å²) in [5, 5.41) is 0. The summed E-state index contributed by atoms with van der Waals surface area (Å²) in [6.45, 7) is 6.23. The van der Waals surface area contributed by atoms with Gasteiger partial charge in [0.1, 0.15) is 0 Å². The molecule has 0 aromatic heterocycles. The van der Waals surface area contributed by atoms with Crippen molar-refractivity contribution < 1.29 is 4.79 Å². The predicted octanol–water partition coefficient (Wildman–Crippen LogP) is 0.703. The maximum Gasteiger partial charge on any atom is 0.239 e. The number of hydrogen-bond donors (Lipinski definition) is 0. The molecule has 0 N–H and O–H groups in total. The Bertz CT molecular complexity index is 195. The van der Waals surface area contributed by atoms with Gasteiger partial charge in [-0.3, -0.25) is 9.69 Å². The molecule has 1 unspecified atom stereocenters. The number of carbonyl (C=O) groups excluding carboxylic acids is 1. The summed E-state index contributed by atoms with van der Waals surface area (Å²) in [6.07, 6.45) is 3.65. The Morgan fingerprint density at radius 2 is 1.69 bits per heavy atom. The molecule has 13 heavy (non-hydrogen) atoms. The fourth-order valence-corrected chi connectivity index (χ4v) is 2.09. The molecule has 2 fully saturated rings. The van der Waals surface area contributed by atoms with Crippen molar-refractivity contribution in [3.8, 4) is 0 Å². The molecule has 3 nitrogen and oxygen atoms in total. The summed E-state index contributed by atoms with van der Waals surface area (Å²) < 4.78 is 0. The highest BCUT2D eigenvalue weighted by molar-refractivity contribution is 5.81. The topological polar surface area (TPSA) is 23.6 Å². The first kappa shape index (κ1) is 9.00. The Kier molecular flexibility index (Phi) is 2.54. The van der Waals surface area contributed by atoms with E-state index in [0.717, 1.165) is 26.2 Å². The van der Waals surface area contributed by atoms with E-state index in [9.17, 15) is 4.79 Å². The Labute approximate surface area is 79.7 Å². The van der Waals surface area contributed by atoms with E-state index in [1.54, 1.807) is 0 Å². The van der Waals surface area contributed by atoms with Crippen LogP contribution in [-0.2, 0) is 4.79 Å². The largest absolute Gasteiger partial charge is 0.341 e. The first-order chi connectivity index (χ1) is 6.29. The summed E-state index contributed by atoms with van der Waals surface area (Å²) in [7, 11) is 0. The molecule has 0 aliphatic carbocycles. The molecule has 0 aromatic rings. The van der Waals surface area contributed by atoms with Crippen LogP contribution >= 0.6 is 0 Å². The second kappa shape index (κ2) is 3.66. The SMILES string of the molecule is CC(C(=O)N1CCCC1)N1CCC1. The monoisotopic (exact) mass is 182 g/mol. The third-order valence-corrected chi connectivity index (χ3v) is 3.21. The summed E-state index contributed by atoms with van der Waals surface area (Å²) in [4.78, 5) is 16.1. The molecular weight excluding hydrogens is 164 g/mol. The van der Waals surface area contributed by atoms with E-state index in [0.29, 0.717) is 5.91 Å². The van der Waals surface area contributed by atoms with Gasteiger partial charge in [0.05, 0.1) is 6.04 Å². The van der Waals surface area contributed by atoms with Crippen molar-refractivity contribution in [1.29, 1.82) is 0 Å². The smallest absolute Gasteiger partial charge is 0.239 e. The number of nitrogens with zero attached hydrogens (tertiary/aromatic N) is 2. The van der Waals surface area contributed by atoms with Crippen molar-refractivity contribution in [2.45, 2.75) is 32.2 Å². The maximum atomic E-state index is 11.9. The lowest BCUT2D eigenvalue weighted by Gasteiger charge is -2.37. The Balaban J connectivity index is 1.87. The van der Waals surface area contributed by atoms with E-state index in [-0.39, 0.29) is 6.04 Å². The van der Waals surface area contributed by atoms with Gasteiger partial charge < -0.3 is 4.90 Å². The number of amides is 1. The van der Waals surface area contributed by atoms with Crippen LogP contribution in [-0.4, -0.2) is 47.9 Å². The summed E-state index contributed by atoms with van der Waals surface area (Å²) in [6, 6.07) is 0.131. The zero-order chi connectivity index (χ0) is 9.26. The predicted molar refractivity (Wildman–Crippen MR) is 51.5 cm³/mol. The molecule has 3 heteroatoms. The van der Waals surface area contributed by atoms with Gasteiger partial charge in [-0.05, 0) is 26.2 Å². The molecule has 0 saturated carbocycles. The molecule has 2 aliphatic rings. The fraction of sp³-hybridized carbons (Fsp3) is 0.900. The second-order valence-corrected chi connectivity index (χ2v) is 4.10. The number of carbonyl (C=O) groups is 1. The van der Waals surface area contributed by atoms with Gasteiger partial charge in [0, 0.05) is 26.2 Å². The standard InChI is InChI=1S/C10H18N2O/c1-9(11-7-4-8-11)10(13)12-5-2-3-6-12/h9H,2-8H2,1H3. The summed E-state index contributed by atoms with van der Waals surface area (Å²) in [5.41, 5.74) is 0. The van der Waals surface area contributed by atoms with Crippen molar-refractivity contribution >= 4 is 5.91 Å². The number of rotatable bonds is 2. The van der Waals surface area contributed by atoms with E-state index in [4.69, 9.17) is 0 Å². The van der Waals surface area contributed by atoms with E-state index >= 15 is 0 Å². The van der Waals surface area contributed by atoms with Gasteiger partial charge in [0.15, 0.2) is 0 Å². The van der Waals surface area contributed by atoms with E-state index < -0.39 is 0 Å². The molecule has 0 radical (unpaired) electrons. The first-order valence-electron chi connectivity index (χ1n) is 5.32. The molecule has 0 spiro atoms. The van der Waals surface area contributed by atoms with Crippen LogP contribution in [0.4, 0.5) is 0 Å². The van der Waals surface area contributed by atoms with Gasteiger partial charge in [0.25, 0.3) is 0 Å². The second-order valence-electron chi connectivity index (χ2n) is 4.10. The van der Waals surface area contributed by atoms with Crippen LogP contribution in [0, 0.1) is 0 Å². The molecule has 2 rings (SSSR count). The van der Waals surface area contributed by atoms with Crippen LogP contribution in [0.25, 0.3) is 0 Å². The van der Waals surface area contributed by atoms with Crippen molar-refractivity contribution in [2.75, 3.05) is 26.2 Å². The maximum absolute atomic E-state index is 11.9. The van der Waals surface area contributed by atoms with Crippen molar-refractivity contribution in [2.24, 2.45) is 0 Å². The van der Waals surface area contributed by atoms with Gasteiger partial charge in [-0.15, -0.1) is 0 Å². The van der Waals surface area contributed by atoms with Gasteiger partial charge >= 0.3 is 0 Å². The Morgan fingerprint density at radius 1 is 1.08 bits per heavy atom. The third kappa shape index (κ3) is 1.70. The highest BCUT2D eigenvalue weighted by Gasteiger charge is 2.30. The van der Waals surface area contributed by atoms with Crippen LogP contribution in [0.15, 0.2) is 0 Å². The zero-order valence-electron chi connectivity index (χ0n) is 8.33. The minimum absolute atomic E-state index is 0.131. The van der Waals surface area contributed by atoms with Crippen molar-refractivity contribution in [1.82, 2.24) is 9.80 Å². The van der Waals surface area contributed by atoms with Crippen LogP contribution in [0.1, 0.15) is 26.2 Å². The molecule has 2 heterocycles. The minimum atomic E-state index is 0.131. The van der Waals surface area contributed by atoms with E-state index in [1.807, 2.05) is 11.8 Å². The lowest BCUT2D eigenvalue weighted by molar-refractivity contribution is -0.136. The zero-order valence-corrected chi connectivity index (χ0v) is 8.33. The van der Waals surface area contributed by atoms with Gasteiger partial charge in [-0.2, -0.15) is 0 Å². The quantitative estimate of drug-likeness (QED) is 0.627. The molecule has 0 aromatic carbocycles.